The van der Waals surface area contributed by atoms with E-state index in [1.165, 1.54) is 0 Å². The molecule has 0 atom stereocenters. The number of aromatic hydroxyl groups is 2. The van der Waals surface area contributed by atoms with Crippen molar-refractivity contribution in [1.29, 1.82) is 0 Å². The van der Waals surface area contributed by atoms with Crippen LogP contribution in [-0.2, 0) is 4.74 Å². The molecule has 0 aliphatic carbocycles. The standard InChI is InChI=1S/C24H28N4O3.C14H9ClN2O/c1-24(2,3)31-23(30)25-16-12-14-28(15-13-16)22-17-8-4-6-10-19(17)26-21(27-22)18-9-5-7-11-20(18)29;15-13-9-5-1-3-7-11(9)16-14(17-13)10-6-2-4-8-12(10)18/h4-11,16,29H,12-15H2,1-3H3,(H,25,30);1-8,18H. The largest absolute Gasteiger partial charge is 0.507 e. The highest BCUT2D eigenvalue weighted by atomic mass is 35.5. The summed E-state index contributed by atoms with van der Waals surface area (Å²) in [5.74, 6) is 2.07. The van der Waals surface area contributed by atoms with Crippen molar-refractivity contribution >= 4 is 45.3 Å². The SMILES string of the molecule is CC(C)(C)OC(=O)NC1CCN(c2nc(-c3ccccc3O)nc3ccccc23)CC1.Oc1ccccc1-c1nc(Cl)c2ccccc2n1. The number of para-hydroxylation sites is 4. The zero-order valence-corrected chi connectivity index (χ0v) is 28.2. The van der Waals surface area contributed by atoms with Gasteiger partial charge in [0.2, 0.25) is 0 Å². The summed E-state index contributed by atoms with van der Waals surface area (Å²) in [5, 5.41) is 25.2. The number of carbonyl (C=O) groups excluding carboxylic acids is 1. The van der Waals surface area contributed by atoms with Crippen molar-refractivity contribution in [2.45, 2.75) is 45.3 Å². The summed E-state index contributed by atoms with van der Waals surface area (Å²) in [7, 11) is 0. The third-order valence-corrected chi connectivity index (χ3v) is 8.23. The van der Waals surface area contributed by atoms with Gasteiger partial charge in [-0.1, -0.05) is 60.1 Å². The topological polar surface area (TPSA) is 134 Å². The van der Waals surface area contributed by atoms with E-state index in [2.05, 4.69) is 25.2 Å². The van der Waals surface area contributed by atoms with E-state index in [1.54, 1.807) is 30.3 Å². The van der Waals surface area contributed by atoms with Gasteiger partial charge in [-0.2, -0.15) is 0 Å². The number of hydrogen-bond acceptors (Lipinski definition) is 9. The van der Waals surface area contributed by atoms with Gasteiger partial charge in [0.05, 0.1) is 22.2 Å². The number of rotatable bonds is 4. The average molecular weight is 677 g/mol. The Kier molecular flexibility index (Phi) is 9.77. The lowest BCUT2D eigenvalue weighted by Gasteiger charge is -2.34. The molecule has 250 valence electrons. The van der Waals surface area contributed by atoms with E-state index < -0.39 is 5.60 Å². The van der Waals surface area contributed by atoms with Crippen LogP contribution in [0.5, 0.6) is 11.5 Å². The van der Waals surface area contributed by atoms with Gasteiger partial charge in [0.25, 0.3) is 0 Å². The number of aromatic nitrogens is 4. The number of carbonyl (C=O) groups is 1. The predicted octanol–water partition coefficient (Wildman–Crippen LogP) is 8.15. The number of piperidine rings is 1. The molecule has 2 aromatic heterocycles. The predicted molar refractivity (Wildman–Crippen MR) is 193 cm³/mol. The number of alkyl carbamates (subject to hydrolysis) is 1. The maximum atomic E-state index is 12.1. The molecule has 1 aliphatic heterocycles. The first kappa shape index (κ1) is 33.4. The molecule has 1 aliphatic rings. The smallest absolute Gasteiger partial charge is 0.407 e. The minimum Gasteiger partial charge on any atom is -0.507 e. The van der Waals surface area contributed by atoms with Gasteiger partial charge in [0, 0.05) is 29.9 Å². The minimum atomic E-state index is -0.510. The number of hydrogen-bond donors (Lipinski definition) is 3. The molecule has 0 spiro atoms. The molecule has 1 amide bonds. The van der Waals surface area contributed by atoms with Crippen LogP contribution < -0.4 is 10.2 Å². The molecule has 0 bridgehead atoms. The number of anilines is 1. The fraction of sp³-hybridized carbons (Fsp3) is 0.237. The average Bonchev–Trinajstić information content (AvgIpc) is 3.08. The molecule has 0 saturated carbocycles. The Labute approximate surface area is 289 Å². The fourth-order valence-electron chi connectivity index (χ4n) is 5.61. The molecular weight excluding hydrogens is 640 g/mol. The van der Waals surface area contributed by atoms with Gasteiger partial charge in [-0.3, -0.25) is 0 Å². The van der Waals surface area contributed by atoms with E-state index in [1.807, 2.05) is 87.5 Å². The van der Waals surface area contributed by atoms with E-state index in [4.69, 9.17) is 21.3 Å². The van der Waals surface area contributed by atoms with Gasteiger partial charge < -0.3 is 25.2 Å². The van der Waals surface area contributed by atoms with E-state index in [0.717, 1.165) is 53.6 Å². The summed E-state index contributed by atoms with van der Waals surface area (Å²) < 4.78 is 5.38. The van der Waals surface area contributed by atoms with Crippen molar-refractivity contribution in [1.82, 2.24) is 25.3 Å². The zero-order chi connectivity index (χ0) is 34.5. The summed E-state index contributed by atoms with van der Waals surface area (Å²) in [6, 6.07) is 29.5. The molecule has 0 radical (unpaired) electrons. The third kappa shape index (κ3) is 7.98. The fourth-order valence-corrected chi connectivity index (χ4v) is 5.85. The lowest BCUT2D eigenvalue weighted by atomic mass is 10.0. The van der Waals surface area contributed by atoms with Crippen molar-refractivity contribution in [3.8, 4) is 34.3 Å². The monoisotopic (exact) mass is 676 g/mol. The quantitative estimate of drug-likeness (QED) is 0.158. The number of amides is 1. The van der Waals surface area contributed by atoms with Crippen LogP contribution in [0.25, 0.3) is 44.6 Å². The number of halogens is 1. The van der Waals surface area contributed by atoms with Crippen LogP contribution >= 0.6 is 11.6 Å². The second-order valence-electron chi connectivity index (χ2n) is 12.7. The highest BCUT2D eigenvalue weighted by Crippen LogP contribution is 2.33. The van der Waals surface area contributed by atoms with E-state index >= 15 is 0 Å². The molecule has 6 aromatic rings. The summed E-state index contributed by atoms with van der Waals surface area (Å²) in [6.45, 7) is 7.08. The second kappa shape index (κ2) is 14.3. The Morgan fingerprint density at radius 3 is 1.80 bits per heavy atom. The highest BCUT2D eigenvalue weighted by molar-refractivity contribution is 6.34. The van der Waals surface area contributed by atoms with Gasteiger partial charge >= 0.3 is 6.09 Å². The summed E-state index contributed by atoms with van der Waals surface area (Å²) in [5.41, 5.74) is 2.26. The molecule has 3 heterocycles. The molecule has 10 nitrogen and oxygen atoms in total. The molecule has 1 saturated heterocycles. The molecule has 49 heavy (non-hydrogen) atoms. The first-order valence-corrected chi connectivity index (χ1v) is 16.4. The zero-order valence-electron chi connectivity index (χ0n) is 27.5. The van der Waals surface area contributed by atoms with Gasteiger partial charge in [-0.25, -0.2) is 24.7 Å². The molecular formula is C38H37ClN6O4. The van der Waals surface area contributed by atoms with Crippen LogP contribution in [0.15, 0.2) is 97.1 Å². The number of fused-ring (bicyclic) bond motifs is 2. The minimum absolute atomic E-state index is 0.0665. The number of phenolic OH excluding ortho intramolecular Hbond substituents is 2. The molecule has 4 aromatic carbocycles. The van der Waals surface area contributed by atoms with Gasteiger partial charge in [-0.05, 0) is 82.1 Å². The molecule has 1 fully saturated rings. The third-order valence-electron chi connectivity index (χ3n) is 7.95. The Bertz CT molecular complexity index is 2110. The Morgan fingerprint density at radius 1 is 0.735 bits per heavy atom. The van der Waals surface area contributed by atoms with Crippen molar-refractivity contribution in [2.24, 2.45) is 0 Å². The Hall–Kier alpha value is -5.48. The first-order valence-electron chi connectivity index (χ1n) is 16.1. The summed E-state index contributed by atoms with van der Waals surface area (Å²) in [4.78, 5) is 32.5. The Balaban J connectivity index is 0.000000195. The molecule has 3 N–H and O–H groups in total. The van der Waals surface area contributed by atoms with E-state index in [9.17, 15) is 15.0 Å². The van der Waals surface area contributed by atoms with Gasteiger partial charge in [0.1, 0.15) is 28.1 Å². The lowest BCUT2D eigenvalue weighted by Crippen LogP contribution is -2.46. The second-order valence-corrected chi connectivity index (χ2v) is 13.0. The van der Waals surface area contributed by atoms with Crippen LogP contribution in [0.4, 0.5) is 10.6 Å². The summed E-state index contributed by atoms with van der Waals surface area (Å²) in [6.07, 6.45) is 1.22. The molecule has 11 heteroatoms. The van der Waals surface area contributed by atoms with Gasteiger partial charge in [0.15, 0.2) is 11.6 Å². The van der Waals surface area contributed by atoms with Crippen LogP contribution in [0.3, 0.4) is 0 Å². The van der Waals surface area contributed by atoms with Crippen LogP contribution in [0.2, 0.25) is 5.15 Å². The van der Waals surface area contributed by atoms with E-state index in [-0.39, 0.29) is 23.6 Å². The number of benzene rings is 4. The number of phenols is 2. The van der Waals surface area contributed by atoms with Crippen LogP contribution in [0.1, 0.15) is 33.6 Å². The summed E-state index contributed by atoms with van der Waals surface area (Å²) >= 11 is 6.13. The van der Waals surface area contributed by atoms with Crippen molar-refractivity contribution in [2.75, 3.05) is 18.0 Å². The van der Waals surface area contributed by atoms with Crippen LogP contribution in [-0.4, -0.2) is 61.0 Å². The van der Waals surface area contributed by atoms with Crippen molar-refractivity contribution in [3.63, 3.8) is 0 Å². The molecule has 0 unspecified atom stereocenters. The highest BCUT2D eigenvalue weighted by Gasteiger charge is 2.26. The number of ether oxygens (including phenoxy) is 1. The Morgan fingerprint density at radius 2 is 1.22 bits per heavy atom. The first-order chi connectivity index (χ1) is 23.6. The van der Waals surface area contributed by atoms with Gasteiger partial charge in [-0.15, -0.1) is 0 Å². The van der Waals surface area contributed by atoms with E-state index in [0.29, 0.717) is 27.9 Å². The number of nitrogens with one attached hydrogen (secondary N) is 1. The van der Waals surface area contributed by atoms with Crippen molar-refractivity contribution < 1.29 is 19.7 Å². The van der Waals surface area contributed by atoms with Crippen LogP contribution in [0, 0.1) is 0 Å². The molecule has 7 rings (SSSR count). The normalized spacial score (nSPS) is 13.5. The maximum absolute atomic E-state index is 12.1. The number of nitrogens with zero attached hydrogens (tertiary/aromatic N) is 5. The van der Waals surface area contributed by atoms with Crippen molar-refractivity contribution in [3.05, 3.63) is 102 Å². The maximum Gasteiger partial charge on any atom is 0.407 e. The lowest BCUT2D eigenvalue weighted by molar-refractivity contribution is 0.0497.